The molecule has 3 nitrogen and oxygen atoms in total. The lowest BCUT2D eigenvalue weighted by Crippen LogP contribution is -2.50. The summed E-state index contributed by atoms with van der Waals surface area (Å²) in [6.07, 6.45) is 2.60. The SMILES string of the molecule is CC(C)N(C)[C@@H]1CCCN([C@@H]2c3cc(Cl)cc(Cl)c3C[C@H]2O)C1. The summed E-state index contributed by atoms with van der Waals surface area (Å²) in [6.45, 7) is 6.48. The minimum Gasteiger partial charge on any atom is -0.391 e. The summed E-state index contributed by atoms with van der Waals surface area (Å²) >= 11 is 12.6. The number of aliphatic hydroxyl groups is 1. The molecule has 1 aromatic rings. The standard InChI is InChI=1S/C18H26Cl2N2O/c1-11(2)21(3)13-5-4-6-22(10-13)18-15-7-12(19)8-16(20)14(15)9-17(18)23/h7-8,11,13,17-18,23H,4-6,9-10H2,1-3H3/t13-,17-,18-/m1/s1. The van der Waals surface area contributed by atoms with Crippen LogP contribution in [0.3, 0.4) is 0 Å². The minimum absolute atomic E-state index is 0.0181. The van der Waals surface area contributed by atoms with Crippen LogP contribution >= 0.6 is 23.2 Å². The van der Waals surface area contributed by atoms with Crippen LogP contribution in [0, 0.1) is 0 Å². The Bertz CT molecular complexity index is 578. The monoisotopic (exact) mass is 356 g/mol. The van der Waals surface area contributed by atoms with E-state index in [2.05, 4.69) is 30.7 Å². The van der Waals surface area contributed by atoms with Gasteiger partial charge >= 0.3 is 0 Å². The Kier molecular flexibility index (Phi) is 5.24. The van der Waals surface area contributed by atoms with E-state index in [1.807, 2.05) is 6.07 Å². The van der Waals surface area contributed by atoms with Gasteiger partial charge in [0.2, 0.25) is 0 Å². The number of likely N-dealkylation sites (N-methyl/N-ethyl adjacent to an activating group) is 1. The van der Waals surface area contributed by atoms with E-state index in [1.54, 1.807) is 6.07 Å². The zero-order valence-electron chi connectivity index (χ0n) is 14.1. The first-order chi connectivity index (χ1) is 10.9. The molecule has 1 heterocycles. The maximum Gasteiger partial charge on any atom is 0.0778 e. The van der Waals surface area contributed by atoms with Crippen molar-refractivity contribution >= 4 is 23.2 Å². The number of likely N-dealkylation sites (tertiary alicyclic amines) is 1. The largest absolute Gasteiger partial charge is 0.391 e. The Morgan fingerprint density at radius 2 is 2.04 bits per heavy atom. The molecule has 1 N–H and O–H groups in total. The van der Waals surface area contributed by atoms with E-state index in [0.717, 1.165) is 30.6 Å². The predicted molar refractivity (Wildman–Crippen MR) is 96.4 cm³/mol. The van der Waals surface area contributed by atoms with E-state index >= 15 is 0 Å². The second-order valence-electron chi connectivity index (χ2n) is 7.22. The van der Waals surface area contributed by atoms with Crippen molar-refractivity contribution in [3.63, 3.8) is 0 Å². The second-order valence-corrected chi connectivity index (χ2v) is 8.07. The third-order valence-corrected chi connectivity index (χ3v) is 6.06. The molecule has 0 aromatic heterocycles. The van der Waals surface area contributed by atoms with Gasteiger partial charge in [0, 0.05) is 35.1 Å². The van der Waals surface area contributed by atoms with E-state index in [9.17, 15) is 5.11 Å². The lowest BCUT2D eigenvalue weighted by atomic mass is 9.98. The first kappa shape index (κ1) is 17.5. The summed E-state index contributed by atoms with van der Waals surface area (Å²) < 4.78 is 0. The van der Waals surface area contributed by atoms with E-state index in [-0.39, 0.29) is 6.04 Å². The highest BCUT2D eigenvalue weighted by Gasteiger charge is 2.39. The minimum atomic E-state index is -0.399. The molecule has 0 amide bonds. The van der Waals surface area contributed by atoms with Gasteiger partial charge in [-0.05, 0) is 63.5 Å². The highest BCUT2D eigenvalue weighted by atomic mass is 35.5. The number of piperidine rings is 1. The van der Waals surface area contributed by atoms with Crippen molar-refractivity contribution in [2.75, 3.05) is 20.1 Å². The first-order valence-electron chi connectivity index (χ1n) is 8.50. The maximum atomic E-state index is 10.7. The molecule has 5 heteroatoms. The van der Waals surface area contributed by atoms with E-state index in [0.29, 0.717) is 28.5 Å². The predicted octanol–water partition coefficient (Wildman–Crippen LogP) is 3.76. The number of benzene rings is 1. The number of aliphatic hydroxyl groups excluding tert-OH is 1. The van der Waals surface area contributed by atoms with Gasteiger partial charge in [0.05, 0.1) is 12.1 Å². The molecule has 3 atom stereocenters. The zero-order chi connectivity index (χ0) is 16.7. The van der Waals surface area contributed by atoms with Crippen LogP contribution in [-0.4, -0.2) is 53.2 Å². The molecule has 1 saturated heterocycles. The Morgan fingerprint density at radius 1 is 1.30 bits per heavy atom. The highest BCUT2D eigenvalue weighted by Crippen LogP contribution is 2.42. The van der Waals surface area contributed by atoms with Gasteiger partial charge in [-0.25, -0.2) is 0 Å². The number of halogens is 2. The number of nitrogens with zero attached hydrogens (tertiary/aromatic N) is 2. The molecule has 3 rings (SSSR count). The normalized spacial score (nSPS) is 28.6. The quantitative estimate of drug-likeness (QED) is 0.893. The molecule has 1 aliphatic carbocycles. The number of hydrogen-bond donors (Lipinski definition) is 1. The van der Waals surface area contributed by atoms with Crippen LogP contribution in [0.4, 0.5) is 0 Å². The first-order valence-corrected chi connectivity index (χ1v) is 9.26. The summed E-state index contributed by atoms with van der Waals surface area (Å²) in [7, 11) is 2.20. The molecule has 0 spiro atoms. The van der Waals surface area contributed by atoms with Crippen LogP contribution in [0.2, 0.25) is 10.0 Å². The molecule has 0 saturated carbocycles. The maximum absolute atomic E-state index is 10.7. The summed E-state index contributed by atoms with van der Waals surface area (Å²) in [5.41, 5.74) is 2.18. The smallest absolute Gasteiger partial charge is 0.0778 e. The van der Waals surface area contributed by atoms with Gasteiger partial charge in [0.1, 0.15) is 0 Å². The molecular weight excluding hydrogens is 331 g/mol. The van der Waals surface area contributed by atoms with Gasteiger partial charge in [0.25, 0.3) is 0 Å². The molecule has 1 fully saturated rings. The van der Waals surface area contributed by atoms with Gasteiger partial charge in [-0.1, -0.05) is 23.2 Å². The van der Waals surface area contributed by atoms with Crippen molar-refractivity contribution in [1.29, 1.82) is 0 Å². The van der Waals surface area contributed by atoms with Gasteiger partial charge in [-0.15, -0.1) is 0 Å². The van der Waals surface area contributed by atoms with E-state index in [4.69, 9.17) is 23.2 Å². The van der Waals surface area contributed by atoms with Crippen LogP contribution in [0.15, 0.2) is 12.1 Å². The molecule has 1 aliphatic heterocycles. The van der Waals surface area contributed by atoms with Crippen molar-refractivity contribution in [2.24, 2.45) is 0 Å². The van der Waals surface area contributed by atoms with Crippen LogP contribution < -0.4 is 0 Å². The van der Waals surface area contributed by atoms with Crippen molar-refractivity contribution in [1.82, 2.24) is 9.80 Å². The summed E-state index contributed by atoms with van der Waals surface area (Å²) in [6, 6.07) is 4.85. The zero-order valence-corrected chi connectivity index (χ0v) is 15.6. The van der Waals surface area contributed by atoms with Crippen molar-refractivity contribution in [3.8, 4) is 0 Å². The number of fused-ring (bicyclic) bond motifs is 1. The Morgan fingerprint density at radius 3 is 2.74 bits per heavy atom. The Labute approximate surface area is 149 Å². The van der Waals surface area contributed by atoms with Gasteiger partial charge in [-0.3, -0.25) is 9.80 Å². The van der Waals surface area contributed by atoms with Crippen molar-refractivity contribution < 1.29 is 5.11 Å². The Balaban J connectivity index is 1.85. The fraction of sp³-hybridized carbons (Fsp3) is 0.667. The van der Waals surface area contributed by atoms with Crippen LogP contribution in [0.25, 0.3) is 0 Å². The fourth-order valence-corrected chi connectivity index (χ4v) is 4.65. The second kappa shape index (κ2) is 6.89. The average molecular weight is 357 g/mol. The lowest BCUT2D eigenvalue weighted by molar-refractivity contribution is 0.0170. The molecule has 1 aromatic carbocycles. The molecular formula is C18H26Cl2N2O. The highest BCUT2D eigenvalue weighted by molar-refractivity contribution is 6.35. The third-order valence-electron chi connectivity index (χ3n) is 5.50. The molecule has 2 aliphatic rings. The summed E-state index contributed by atoms with van der Waals surface area (Å²) in [5, 5.41) is 12.0. The molecule has 0 bridgehead atoms. The van der Waals surface area contributed by atoms with Crippen LogP contribution in [-0.2, 0) is 6.42 Å². The van der Waals surface area contributed by atoms with Crippen LogP contribution in [0.5, 0.6) is 0 Å². The van der Waals surface area contributed by atoms with Gasteiger partial charge in [-0.2, -0.15) is 0 Å². The molecule has 23 heavy (non-hydrogen) atoms. The molecule has 128 valence electrons. The van der Waals surface area contributed by atoms with Gasteiger partial charge < -0.3 is 5.11 Å². The van der Waals surface area contributed by atoms with Crippen molar-refractivity contribution in [3.05, 3.63) is 33.3 Å². The molecule has 0 radical (unpaired) electrons. The van der Waals surface area contributed by atoms with E-state index in [1.165, 1.54) is 6.42 Å². The van der Waals surface area contributed by atoms with Crippen molar-refractivity contribution in [2.45, 2.75) is 57.3 Å². The topological polar surface area (TPSA) is 26.7 Å². The average Bonchev–Trinajstić information content (AvgIpc) is 2.83. The lowest BCUT2D eigenvalue weighted by Gasteiger charge is -2.42. The fourth-order valence-electron chi connectivity index (χ4n) is 4.06. The Hall–Kier alpha value is -0.320. The van der Waals surface area contributed by atoms with Gasteiger partial charge in [0.15, 0.2) is 0 Å². The number of rotatable bonds is 3. The van der Waals surface area contributed by atoms with E-state index < -0.39 is 6.10 Å². The third kappa shape index (κ3) is 3.40. The summed E-state index contributed by atoms with van der Waals surface area (Å²) in [5.74, 6) is 0. The van der Waals surface area contributed by atoms with Crippen LogP contribution in [0.1, 0.15) is 43.9 Å². The number of hydrogen-bond acceptors (Lipinski definition) is 3. The summed E-state index contributed by atoms with van der Waals surface area (Å²) in [4.78, 5) is 4.87. The molecule has 0 unspecified atom stereocenters.